The molecule has 2 aromatic carbocycles. The number of benzene rings is 2. The van der Waals surface area contributed by atoms with Gasteiger partial charge in [0.05, 0.1) is 6.54 Å². The number of amides is 1. The number of hydrogen-bond donors (Lipinski definition) is 0. The molecule has 2 aromatic rings. The van der Waals surface area contributed by atoms with Crippen LogP contribution in [0.2, 0.25) is 5.02 Å². The van der Waals surface area contributed by atoms with Crippen LogP contribution in [0, 0.1) is 18.6 Å². The number of halogens is 3. The topological polar surface area (TPSA) is 20.3 Å². The van der Waals surface area contributed by atoms with Crippen molar-refractivity contribution in [3.05, 3.63) is 69.7 Å². The van der Waals surface area contributed by atoms with Crippen molar-refractivity contribution in [3.63, 3.8) is 0 Å². The molecular weight excluding hydrogens is 320 g/mol. The third-order valence-electron chi connectivity index (χ3n) is 4.06. The van der Waals surface area contributed by atoms with E-state index in [9.17, 15) is 13.6 Å². The summed E-state index contributed by atoms with van der Waals surface area (Å²) in [5.74, 6) is -1.16. The maximum Gasteiger partial charge on any atom is 0.254 e. The molecule has 0 unspecified atom stereocenters. The normalized spacial score (nSPS) is 13.9. The van der Waals surface area contributed by atoms with Crippen molar-refractivity contribution in [2.75, 3.05) is 0 Å². The Bertz CT molecular complexity index is 738. The van der Waals surface area contributed by atoms with Gasteiger partial charge in [0.25, 0.3) is 5.91 Å². The number of hydrogen-bond acceptors (Lipinski definition) is 1. The van der Waals surface area contributed by atoms with Crippen molar-refractivity contribution < 1.29 is 13.6 Å². The van der Waals surface area contributed by atoms with Crippen molar-refractivity contribution in [2.45, 2.75) is 32.4 Å². The van der Waals surface area contributed by atoms with E-state index in [1.807, 2.05) is 0 Å². The molecule has 1 aliphatic rings. The van der Waals surface area contributed by atoms with Crippen LogP contribution in [0.4, 0.5) is 8.78 Å². The fourth-order valence-corrected chi connectivity index (χ4v) is 2.72. The number of nitrogens with zero attached hydrogens (tertiary/aromatic N) is 1. The molecule has 3 rings (SSSR count). The lowest BCUT2D eigenvalue weighted by atomic mass is 10.1. The Kier molecular flexibility index (Phi) is 4.35. The van der Waals surface area contributed by atoms with E-state index < -0.39 is 11.6 Å². The number of carbonyl (C=O) groups is 1. The van der Waals surface area contributed by atoms with Crippen LogP contribution < -0.4 is 0 Å². The van der Waals surface area contributed by atoms with E-state index in [0.29, 0.717) is 16.1 Å². The van der Waals surface area contributed by atoms with Gasteiger partial charge in [-0.1, -0.05) is 23.7 Å². The molecule has 1 fully saturated rings. The van der Waals surface area contributed by atoms with Gasteiger partial charge in [-0.3, -0.25) is 4.79 Å². The zero-order valence-electron chi connectivity index (χ0n) is 12.7. The predicted molar refractivity (Wildman–Crippen MR) is 85.4 cm³/mol. The molecule has 0 saturated heterocycles. The highest BCUT2D eigenvalue weighted by molar-refractivity contribution is 6.31. The highest BCUT2D eigenvalue weighted by Gasteiger charge is 2.34. The van der Waals surface area contributed by atoms with Crippen LogP contribution in [0.1, 0.15) is 34.3 Å². The first-order valence-electron chi connectivity index (χ1n) is 7.47. The molecule has 1 aliphatic carbocycles. The number of rotatable bonds is 4. The molecule has 0 radical (unpaired) electrons. The average Bonchev–Trinajstić information content (AvgIpc) is 3.34. The summed E-state index contributed by atoms with van der Waals surface area (Å²) in [5, 5.41) is 0.290. The van der Waals surface area contributed by atoms with E-state index in [1.165, 1.54) is 18.2 Å². The lowest BCUT2D eigenvalue weighted by molar-refractivity contribution is 0.0728. The smallest absolute Gasteiger partial charge is 0.254 e. The molecular formula is C18H16ClF2NO. The molecule has 0 aliphatic heterocycles. The zero-order valence-corrected chi connectivity index (χ0v) is 13.4. The molecule has 2 nitrogen and oxygen atoms in total. The molecule has 0 bridgehead atoms. The standard InChI is InChI=1S/C18H16ClF2NO/c1-11-5-6-12(9-17(11)21)18(23)22(13-7-8-13)10-14-15(19)3-2-4-16(14)20/h2-6,9,13H,7-8,10H2,1H3. The first kappa shape index (κ1) is 15.9. The Morgan fingerprint density at radius 2 is 1.96 bits per heavy atom. The molecule has 1 saturated carbocycles. The fraction of sp³-hybridized carbons (Fsp3) is 0.278. The zero-order chi connectivity index (χ0) is 16.6. The van der Waals surface area contributed by atoms with E-state index in [4.69, 9.17) is 11.6 Å². The second-order valence-electron chi connectivity index (χ2n) is 5.83. The second kappa shape index (κ2) is 6.28. The van der Waals surface area contributed by atoms with Gasteiger partial charge in [0.2, 0.25) is 0 Å². The van der Waals surface area contributed by atoms with Gasteiger partial charge in [-0.15, -0.1) is 0 Å². The van der Waals surface area contributed by atoms with Gasteiger partial charge in [0, 0.05) is 22.2 Å². The van der Waals surface area contributed by atoms with Gasteiger partial charge >= 0.3 is 0 Å². The lowest BCUT2D eigenvalue weighted by Gasteiger charge is -2.23. The summed E-state index contributed by atoms with van der Waals surface area (Å²) in [6.07, 6.45) is 1.73. The fourth-order valence-electron chi connectivity index (χ4n) is 2.50. The Balaban J connectivity index is 1.90. The number of aryl methyl sites for hydroxylation is 1. The molecule has 0 N–H and O–H groups in total. The van der Waals surface area contributed by atoms with Crippen LogP contribution in [0.3, 0.4) is 0 Å². The van der Waals surface area contributed by atoms with Crippen molar-refractivity contribution in [1.29, 1.82) is 0 Å². The first-order valence-corrected chi connectivity index (χ1v) is 7.85. The van der Waals surface area contributed by atoms with E-state index >= 15 is 0 Å². The maximum atomic E-state index is 14.0. The SMILES string of the molecule is Cc1ccc(C(=O)N(Cc2c(F)cccc2Cl)C2CC2)cc1F. The Morgan fingerprint density at radius 1 is 1.22 bits per heavy atom. The Labute approximate surface area is 138 Å². The minimum atomic E-state index is -0.439. The van der Waals surface area contributed by atoms with Gasteiger partial charge in [-0.25, -0.2) is 8.78 Å². The van der Waals surface area contributed by atoms with Crippen LogP contribution in [0.15, 0.2) is 36.4 Å². The average molecular weight is 336 g/mol. The predicted octanol–water partition coefficient (Wildman–Crippen LogP) is 4.73. The monoisotopic (exact) mass is 335 g/mol. The van der Waals surface area contributed by atoms with Gasteiger partial charge in [-0.05, 0) is 49.6 Å². The quantitative estimate of drug-likeness (QED) is 0.791. The van der Waals surface area contributed by atoms with Crippen molar-refractivity contribution in [2.24, 2.45) is 0 Å². The largest absolute Gasteiger partial charge is 0.331 e. The van der Waals surface area contributed by atoms with Gasteiger partial charge < -0.3 is 4.90 Å². The van der Waals surface area contributed by atoms with Crippen molar-refractivity contribution in [1.82, 2.24) is 4.90 Å². The van der Waals surface area contributed by atoms with Crippen molar-refractivity contribution in [3.8, 4) is 0 Å². The van der Waals surface area contributed by atoms with E-state index in [1.54, 1.807) is 30.0 Å². The summed E-state index contributed by atoms with van der Waals surface area (Å²) in [4.78, 5) is 14.3. The first-order chi connectivity index (χ1) is 11.0. The molecule has 120 valence electrons. The van der Waals surface area contributed by atoms with Crippen LogP contribution in [0.25, 0.3) is 0 Å². The molecule has 0 atom stereocenters. The van der Waals surface area contributed by atoms with E-state index in [2.05, 4.69) is 0 Å². The van der Waals surface area contributed by atoms with Gasteiger partial charge in [-0.2, -0.15) is 0 Å². The molecule has 5 heteroatoms. The second-order valence-corrected chi connectivity index (χ2v) is 6.24. The molecule has 0 aromatic heterocycles. The molecule has 0 heterocycles. The Morgan fingerprint density at radius 3 is 2.57 bits per heavy atom. The van der Waals surface area contributed by atoms with Gasteiger partial charge in [0.15, 0.2) is 0 Å². The molecule has 1 amide bonds. The minimum absolute atomic E-state index is 0.0579. The molecule has 23 heavy (non-hydrogen) atoms. The summed E-state index contributed by atoms with van der Waals surface area (Å²) in [6.45, 7) is 1.73. The highest BCUT2D eigenvalue weighted by atomic mass is 35.5. The van der Waals surface area contributed by atoms with E-state index in [0.717, 1.165) is 12.8 Å². The highest BCUT2D eigenvalue weighted by Crippen LogP contribution is 2.32. The summed E-state index contributed by atoms with van der Waals surface area (Å²) < 4.78 is 27.7. The van der Waals surface area contributed by atoms with Crippen molar-refractivity contribution >= 4 is 17.5 Å². The maximum absolute atomic E-state index is 14.0. The van der Waals surface area contributed by atoms with Crippen LogP contribution in [-0.2, 0) is 6.54 Å². The summed E-state index contributed by atoms with van der Waals surface area (Å²) in [6, 6.07) is 8.91. The van der Waals surface area contributed by atoms with Crippen LogP contribution in [-0.4, -0.2) is 16.8 Å². The lowest BCUT2D eigenvalue weighted by Crippen LogP contribution is -2.33. The summed E-state index contributed by atoms with van der Waals surface area (Å²) in [5.41, 5.74) is 1.05. The number of carbonyl (C=O) groups excluding carboxylic acids is 1. The van der Waals surface area contributed by atoms with Gasteiger partial charge in [0.1, 0.15) is 11.6 Å². The Hall–Kier alpha value is -1.94. The summed E-state index contributed by atoms with van der Waals surface area (Å²) in [7, 11) is 0. The minimum Gasteiger partial charge on any atom is -0.331 e. The van der Waals surface area contributed by atoms with E-state index in [-0.39, 0.29) is 24.1 Å². The van der Waals surface area contributed by atoms with Crippen LogP contribution in [0.5, 0.6) is 0 Å². The third-order valence-corrected chi connectivity index (χ3v) is 4.41. The van der Waals surface area contributed by atoms with Crippen LogP contribution >= 0.6 is 11.6 Å². The summed E-state index contributed by atoms with van der Waals surface area (Å²) >= 11 is 6.06. The molecule has 0 spiro atoms. The third kappa shape index (κ3) is 3.37.